The van der Waals surface area contributed by atoms with Crippen molar-refractivity contribution in [1.29, 1.82) is 0 Å². The highest BCUT2D eigenvalue weighted by Crippen LogP contribution is 2.28. The summed E-state index contributed by atoms with van der Waals surface area (Å²) >= 11 is 0. The van der Waals surface area contributed by atoms with Crippen LogP contribution in [0.15, 0.2) is 0 Å². The largest absolute Gasteiger partial charge is 0.403 e. The van der Waals surface area contributed by atoms with Crippen molar-refractivity contribution < 1.29 is 26.3 Å². The highest BCUT2D eigenvalue weighted by molar-refractivity contribution is 5.85. The van der Waals surface area contributed by atoms with Gasteiger partial charge in [-0.15, -0.1) is 12.4 Å². The van der Waals surface area contributed by atoms with Crippen LogP contribution < -0.4 is 5.73 Å². The minimum atomic E-state index is -4.98. The third kappa shape index (κ3) is 6.53. The van der Waals surface area contributed by atoms with Crippen molar-refractivity contribution in [3.05, 3.63) is 0 Å². The lowest BCUT2D eigenvalue weighted by Crippen LogP contribution is -2.40. The van der Waals surface area contributed by atoms with E-state index in [0.717, 1.165) is 0 Å². The fraction of sp³-hybridized carbons (Fsp3) is 1.00. The first kappa shape index (κ1) is 14.4. The lowest BCUT2D eigenvalue weighted by Gasteiger charge is -2.16. The van der Waals surface area contributed by atoms with E-state index in [-0.39, 0.29) is 12.4 Å². The van der Waals surface area contributed by atoms with Gasteiger partial charge in [-0.2, -0.15) is 26.3 Å². The monoisotopic (exact) mass is 217 g/mol. The van der Waals surface area contributed by atoms with Crippen molar-refractivity contribution in [2.75, 3.05) is 0 Å². The summed E-state index contributed by atoms with van der Waals surface area (Å²) in [6.07, 6.45) is -11.9. The zero-order valence-corrected chi connectivity index (χ0v) is 6.35. The summed E-state index contributed by atoms with van der Waals surface area (Å²) in [7, 11) is 0. The van der Waals surface area contributed by atoms with Crippen molar-refractivity contribution in [2.45, 2.75) is 24.8 Å². The van der Waals surface area contributed by atoms with E-state index in [1.165, 1.54) is 0 Å². The molecule has 0 aliphatic carbocycles. The average Bonchev–Trinajstić information content (AvgIpc) is 1.56. The minimum absolute atomic E-state index is 0. The molecule has 0 aromatic rings. The molecule has 0 aromatic heterocycles. The molecular formula is C4H6ClF6N. The molecule has 0 spiro atoms. The van der Waals surface area contributed by atoms with Gasteiger partial charge in [-0.05, 0) is 0 Å². The van der Waals surface area contributed by atoms with Gasteiger partial charge in [0.15, 0.2) is 0 Å². The molecular weight excluding hydrogens is 211 g/mol. The van der Waals surface area contributed by atoms with Crippen LogP contribution in [0.1, 0.15) is 6.42 Å². The summed E-state index contributed by atoms with van der Waals surface area (Å²) in [6, 6.07) is -2.82. The molecule has 12 heavy (non-hydrogen) atoms. The number of hydrogen-bond acceptors (Lipinski definition) is 1. The first-order chi connectivity index (χ1) is 4.63. The summed E-state index contributed by atoms with van der Waals surface area (Å²) in [5.41, 5.74) is 4.19. The van der Waals surface area contributed by atoms with Crippen LogP contribution in [0.5, 0.6) is 0 Å². The molecule has 8 heteroatoms. The van der Waals surface area contributed by atoms with Crippen molar-refractivity contribution >= 4 is 12.4 Å². The summed E-state index contributed by atoms with van der Waals surface area (Å²) in [5, 5.41) is 0. The number of rotatable bonds is 1. The Hall–Kier alpha value is -0.170. The van der Waals surface area contributed by atoms with Crippen molar-refractivity contribution in [1.82, 2.24) is 0 Å². The molecule has 1 nitrogen and oxygen atoms in total. The molecule has 0 saturated carbocycles. The number of halogens is 7. The topological polar surface area (TPSA) is 26.0 Å². The lowest BCUT2D eigenvalue weighted by atomic mass is 10.2. The molecule has 0 amide bonds. The second kappa shape index (κ2) is 4.18. The molecule has 2 N–H and O–H groups in total. The zero-order chi connectivity index (χ0) is 9.28. The van der Waals surface area contributed by atoms with Crippen LogP contribution >= 0.6 is 12.4 Å². The fourth-order valence-electron chi connectivity index (χ4n) is 0.365. The minimum Gasteiger partial charge on any atom is -0.320 e. The van der Waals surface area contributed by atoms with Crippen LogP contribution in [-0.2, 0) is 0 Å². The van der Waals surface area contributed by atoms with Crippen molar-refractivity contribution in [3.8, 4) is 0 Å². The SMILES string of the molecule is Cl.N[C@H](CC(F)(F)F)C(F)(F)F. The van der Waals surface area contributed by atoms with Crippen molar-refractivity contribution in [2.24, 2.45) is 5.73 Å². The molecule has 0 aliphatic rings. The Morgan fingerprint density at radius 1 is 1.00 bits per heavy atom. The fourth-order valence-corrected chi connectivity index (χ4v) is 0.365. The van der Waals surface area contributed by atoms with Gasteiger partial charge in [0.05, 0.1) is 6.42 Å². The molecule has 1 atom stereocenters. The Balaban J connectivity index is 0. The second-order valence-electron chi connectivity index (χ2n) is 1.97. The molecule has 0 heterocycles. The molecule has 0 aliphatic heterocycles. The van der Waals surface area contributed by atoms with Gasteiger partial charge in [0, 0.05) is 0 Å². The van der Waals surface area contributed by atoms with E-state index in [2.05, 4.69) is 5.73 Å². The highest BCUT2D eigenvalue weighted by Gasteiger charge is 2.44. The zero-order valence-electron chi connectivity index (χ0n) is 5.54. The van der Waals surface area contributed by atoms with Crippen LogP contribution in [0.2, 0.25) is 0 Å². The van der Waals surface area contributed by atoms with Gasteiger partial charge in [-0.3, -0.25) is 0 Å². The first-order valence-corrected chi connectivity index (χ1v) is 2.52. The van der Waals surface area contributed by atoms with E-state index in [9.17, 15) is 26.3 Å². The molecule has 76 valence electrons. The standard InChI is InChI=1S/C4H5F6N.ClH/c5-3(6,7)1-2(11)4(8,9)10;/h2H,1,11H2;1H/t2-;/m1./s1. The molecule has 0 saturated heterocycles. The Labute approximate surface area is 70.3 Å². The summed E-state index contributed by atoms with van der Waals surface area (Å²) < 4.78 is 67.8. The van der Waals surface area contributed by atoms with E-state index in [4.69, 9.17) is 0 Å². The van der Waals surface area contributed by atoms with E-state index < -0.39 is 24.8 Å². The molecule has 0 rings (SSSR count). The quantitative estimate of drug-likeness (QED) is 0.670. The van der Waals surface area contributed by atoms with Gasteiger partial charge >= 0.3 is 12.4 Å². The number of nitrogens with two attached hydrogens (primary N) is 1. The summed E-state index contributed by atoms with van der Waals surface area (Å²) in [6.45, 7) is 0. The Morgan fingerprint density at radius 2 is 1.33 bits per heavy atom. The van der Waals surface area contributed by atoms with E-state index >= 15 is 0 Å². The van der Waals surface area contributed by atoms with Gasteiger partial charge in [-0.25, -0.2) is 0 Å². The normalized spacial score (nSPS) is 15.2. The molecule has 0 fully saturated rings. The molecule has 0 radical (unpaired) electrons. The third-order valence-electron chi connectivity index (χ3n) is 0.872. The maximum atomic E-state index is 11.4. The Kier molecular flexibility index (Phi) is 5.00. The van der Waals surface area contributed by atoms with Crippen molar-refractivity contribution in [3.63, 3.8) is 0 Å². The molecule has 0 aromatic carbocycles. The maximum absolute atomic E-state index is 11.4. The third-order valence-corrected chi connectivity index (χ3v) is 0.872. The van der Waals surface area contributed by atoms with Gasteiger partial charge in [0.1, 0.15) is 6.04 Å². The Morgan fingerprint density at radius 3 is 1.42 bits per heavy atom. The predicted molar refractivity (Wildman–Crippen MR) is 32.0 cm³/mol. The Bertz CT molecular complexity index is 128. The van der Waals surface area contributed by atoms with E-state index in [1.807, 2.05) is 0 Å². The van der Waals surface area contributed by atoms with Crippen LogP contribution in [0, 0.1) is 0 Å². The van der Waals surface area contributed by atoms with E-state index in [0.29, 0.717) is 0 Å². The predicted octanol–water partition coefficient (Wildman–Crippen LogP) is 2.25. The smallest absolute Gasteiger partial charge is 0.320 e. The van der Waals surface area contributed by atoms with Crippen LogP contribution in [0.4, 0.5) is 26.3 Å². The van der Waals surface area contributed by atoms with Crippen LogP contribution in [-0.4, -0.2) is 18.4 Å². The average molecular weight is 218 g/mol. The summed E-state index contributed by atoms with van der Waals surface area (Å²) in [4.78, 5) is 0. The van der Waals surface area contributed by atoms with E-state index in [1.54, 1.807) is 0 Å². The van der Waals surface area contributed by atoms with Gasteiger partial charge < -0.3 is 5.73 Å². The number of alkyl halides is 6. The molecule has 0 bridgehead atoms. The molecule has 0 unspecified atom stereocenters. The highest BCUT2D eigenvalue weighted by atomic mass is 35.5. The summed E-state index contributed by atoms with van der Waals surface area (Å²) in [5.74, 6) is 0. The van der Waals surface area contributed by atoms with Gasteiger partial charge in [0.25, 0.3) is 0 Å². The lowest BCUT2D eigenvalue weighted by molar-refractivity contribution is -0.194. The second-order valence-corrected chi connectivity index (χ2v) is 1.97. The first-order valence-electron chi connectivity index (χ1n) is 2.52. The van der Waals surface area contributed by atoms with Crippen LogP contribution in [0.3, 0.4) is 0 Å². The van der Waals surface area contributed by atoms with Crippen LogP contribution in [0.25, 0.3) is 0 Å². The van der Waals surface area contributed by atoms with Gasteiger partial charge in [-0.1, -0.05) is 0 Å². The maximum Gasteiger partial charge on any atom is 0.403 e. The van der Waals surface area contributed by atoms with Gasteiger partial charge in [0.2, 0.25) is 0 Å². The number of hydrogen-bond donors (Lipinski definition) is 1.